The predicted molar refractivity (Wildman–Crippen MR) is 73.1 cm³/mol. The Hall–Kier alpha value is -2.30. The summed E-state index contributed by atoms with van der Waals surface area (Å²) in [7, 11) is 0. The number of hydrogen-bond donors (Lipinski definition) is 1. The molecule has 0 bridgehead atoms. The van der Waals surface area contributed by atoms with Crippen LogP contribution in [0.1, 0.15) is 19.0 Å². The third kappa shape index (κ3) is 1.87. The molecule has 0 atom stereocenters. The van der Waals surface area contributed by atoms with Crippen LogP contribution in [0, 0.1) is 6.92 Å². The van der Waals surface area contributed by atoms with E-state index in [-0.39, 0.29) is 5.56 Å². The van der Waals surface area contributed by atoms with E-state index < -0.39 is 0 Å². The molecule has 0 aliphatic rings. The van der Waals surface area contributed by atoms with Crippen LogP contribution in [0.4, 0.5) is 0 Å². The third-order valence-corrected chi connectivity index (χ3v) is 3.14. The Morgan fingerprint density at radius 2 is 2.32 bits per heavy atom. The van der Waals surface area contributed by atoms with Crippen molar-refractivity contribution in [3.8, 4) is 11.3 Å². The fraction of sp³-hybridized carbons (Fsp3) is 0.286. The highest BCUT2D eigenvalue weighted by atomic mass is 16.3. The highest BCUT2D eigenvalue weighted by molar-refractivity contribution is 5.93. The molecule has 0 spiro atoms. The third-order valence-electron chi connectivity index (χ3n) is 3.14. The first-order chi connectivity index (χ1) is 9.20. The van der Waals surface area contributed by atoms with Gasteiger partial charge < -0.3 is 9.40 Å². The van der Waals surface area contributed by atoms with Crippen LogP contribution in [0.5, 0.6) is 0 Å². The molecule has 0 unspecified atom stereocenters. The van der Waals surface area contributed by atoms with E-state index in [2.05, 4.69) is 17.0 Å². The van der Waals surface area contributed by atoms with E-state index in [1.165, 1.54) is 0 Å². The molecule has 1 N–H and O–H groups in total. The zero-order chi connectivity index (χ0) is 13.4. The average molecular weight is 257 g/mol. The van der Waals surface area contributed by atoms with Gasteiger partial charge in [0.2, 0.25) is 5.56 Å². The molecular weight excluding hydrogens is 242 g/mol. The second kappa shape index (κ2) is 4.42. The zero-order valence-electron chi connectivity index (χ0n) is 10.9. The van der Waals surface area contributed by atoms with Crippen molar-refractivity contribution in [2.24, 2.45) is 0 Å². The van der Waals surface area contributed by atoms with Crippen molar-refractivity contribution in [2.45, 2.75) is 26.8 Å². The van der Waals surface area contributed by atoms with Crippen molar-refractivity contribution >= 4 is 11.0 Å². The summed E-state index contributed by atoms with van der Waals surface area (Å²) in [5.74, 6) is 0.690. The maximum Gasteiger partial charge on any atom is 0.250 e. The number of fused-ring (bicyclic) bond motifs is 1. The van der Waals surface area contributed by atoms with E-state index in [1.54, 1.807) is 12.3 Å². The van der Waals surface area contributed by atoms with Gasteiger partial charge in [0.15, 0.2) is 0 Å². The van der Waals surface area contributed by atoms with E-state index in [4.69, 9.17) is 4.42 Å². The maximum absolute atomic E-state index is 11.8. The Kier molecular flexibility index (Phi) is 2.74. The fourth-order valence-corrected chi connectivity index (χ4v) is 2.39. The second-order valence-corrected chi connectivity index (χ2v) is 4.56. The molecule has 5 nitrogen and oxygen atoms in total. The number of nitrogens with zero attached hydrogens (tertiary/aromatic N) is 2. The van der Waals surface area contributed by atoms with Crippen molar-refractivity contribution in [1.29, 1.82) is 0 Å². The molecule has 0 radical (unpaired) electrons. The predicted octanol–water partition coefficient (Wildman–Crippen LogP) is 2.70. The Balaban J connectivity index is 2.37. The first-order valence-electron chi connectivity index (χ1n) is 6.35. The van der Waals surface area contributed by atoms with Gasteiger partial charge in [-0.15, -0.1) is 0 Å². The van der Waals surface area contributed by atoms with E-state index in [0.717, 1.165) is 35.3 Å². The molecule has 0 aliphatic heterocycles. The number of H-pyrrole nitrogens is 1. The van der Waals surface area contributed by atoms with Crippen LogP contribution >= 0.6 is 0 Å². The maximum atomic E-state index is 11.8. The van der Waals surface area contributed by atoms with Crippen LogP contribution in [0.3, 0.4) is 0 Å². The van der Waals surface area contributed by atoms with E-state index in [9.17, 15) is 4.79 Å². The van der Waals surface area contributed by atoms with Crippen molar-refractivity contribution < 1.29 is 4.42 Å². The summed E-state index contributed by atoms with van der Waals surface area (Å²) >= 11 is 0. The second-order valence-electron chi connectivity index (χ2n) is 4.56. The summed E-state index contributed by atoms with van der Waals surface area (Å²) in [4.78, 5) is 14.7. The van der Waals surface area contributed by atoms with Crippen LogP contribution in [0.15, 0.2) is 33.7 Å². The standard InChI is InChI=1S/C14H15N3O2/c1-3-6-17-14-13(9(2)16-17)10(8-12(18)15-14)11-5-4-7-19-11/h4-5,7-8H,3,6H2,1-2H3,(H,15,18). The Morgan fingerprint density at radius 3 is 3.00 bits per heavy atom. The van der Waals surface area contributed by atoms with Crippen LogP contribution in [-0.4, -0.2) is 14.8 Å². The van der Waals surface area contributed by atoms with E-state index >= 15 is 0 Å². The number of hydrogen-bond acceptors (Lipinski definition) is 3. The highest BCUT2D eigenvalue weighted by Gasteiger charge is 2.15. The first-order valence-corrected chi connectivity index (χ1v) is 6.35. The lowest BCUT2D eigenvalue weighted by atomic mass is 10.1. The van der Waals surface area contributed by atoms with Gasteiger partial charge >= 0.3 is 0 Å². The molecule has 0 saturated heterocycles. The first kappa shape index (κ1) is 11.8. The summed E-state index contributed by atoms with van der Waals surface area (Å²) in [6.45, 7) is 4.80. The molecular formula is C14H15N3O2. The summed E-state index contributed by atoms with van der Waals surface area (Å²) < 4.78 is 7.26. The lowest BCUT2D eigenvalue weighted by molar-refractivity contribution is 0.583. The van der Waals surface area contributed by atoms with Gasteiger partial charge in [0, 0.05) is 18.2 Å². The van der Waals surface area contributed by atoms with Gasteiger partial charge in [0.05, 0.1) is 17.3 Å². The summed E-state index contributed by atoms with van der Waals surface area (Å²) in [5.41, 5.74) is 2.31. The molecule has 0 aromatic carbocycles. The Labute approximate surface area is 109 Å². The summed E-state index contributed by atoms with van der Waals surface area (Å²) in [6, 6.07) is 5.23. The molecule has 0 fully saturated rings. The van der Waals surface area contributed by atoms with Gasteiger partial charge in [0.25, 0.3) is 0 Å². The van der Waals surface area contributed by atoms with Crippen LogP contribution in [-0.2, 0) is 6.54 Å². The Morgan fingerprint density at radius 1 is 1.47 bits per heavy atom. The number of pyridine rings is 1. The SMILES string of the molecule is CCCn1nc(C)c2c(-c3ccco3)cc(=O)[nH]c21. The monoisotopic (exact) mass is 257 g/mol. The molecule has 3 rings (SSSR count). The van der Waals surface area contributed by atoms with Crippen molar-refractivity contribution in [1.82, 2.24) is 14.8 Å². The molecule has 3 aromatic rings. The fourth-order valence-electron chi connectivity index (χ4n) is 2.39. The number of nitrogens with one attached hydrogen (secondary N) is 1. The quantitative estimate of drug-likeness (QED) is 0.784. The summed E-state index contributed by atoms with van der Waals surface area (Å²) in [5, 5.41) is 5.44. The van der Waals surface area contributed by atoms with Gasteiger partial charge in [-0.05, 0) is 25.5 Å². The average Bonchev–Trinajstić information content (AvgIpc) is 2.99. The molecule has 3 aromatic heterocycles. The minimum Gasteiger partial charge on any atom is -0.464 e. The number of aryl methyl sites for hydroxylation is 2. The van der Waals surface area contributed by atoms with Gasteiger partial charge in [-0.1, -0.05) is 6.92 Å². The normalized spacial score (nSPS) is 11.3. The topological polar surface area (TPSA) is 63.8 Å². The number of rotatable bonds is 3. The van der Waals surface area contributed by atoms with Crippen LogP contribution < -0.4 is 5.56 Å². The number of aromatic nitrogens is 3. The van der Waals surface area contributed by atoms with E-state index in [0.29, 0.717) is 5.76 Å². The molecule has 19 heavy (non-hydrogen) atoms. The van der Waals surface area contributed by atoms with E-state index in [1.807, 2.05) is 23.7 Å². The van der Waals surface area contributed by atoms with Gasteiger partial charge in [-0.25, -0.2) is 4.68 Å². The number of aromatic amines is 1. The van der Waals surface area contributed by atoms with Gasteiger partial charge in [0.1, 0.15) is 11.4 Å². The molecule has 98 valence electrons. The van der Waals surface area contributed by atoms with Crippen molar-refractivity contribution in [2.75, 3.05) is 0 Å². The minimum atomic E-state index is -0.142. The minimum absolute atomic E-state index is 0.142. The largest absolute Gasteiger partial charge is 0.464 e. The molecule has 0 aliphatic carbocycles. The molecule has 0 amide bonds. The lowest BCUT2D eigenvalue weighted by Gasteiger charge is -2.02. The van der Waals surface area contributed by atoms with Crippen molar-refractivity contribution in [3.63, 3.8) is 0 Å². The smallest absolute Gasteiger partial charge is 0.250 e. The summed E-state index contributed by atoms with van der Waals surface area (Å²) in [6.07, 6.45) is 2.57. The molecule has 3 heterocycles. The number of furan rings is 1. The van der Waals surface area contributed by atoms with Gasteiger partial charge in [-0.2, -0.15) is 5.10 Å². The Bertz CT molecular complexity index is 766. The van der Waals surface area contributed by atoms with Gasteiger partial charge in [-0.3, -0.25) is 4.79 Å². The highest BCUT2D eigenvalue weighted by Crippen LogP contribution is 2.28. The molecule has 5 heteroatoms. The van der Waals surface area contributed by atoms with Crippen molar-refractivity contribution in [3.05, 3.63) is 40.5 Å². The van der Waals surface area contributed by atoms with Crippen LogP contribution in [0.2, 0.25) is 0 Å². The molecule has 0 saturated carbocycles. The lowest BCUT2D eigenvalue weighted by Crippen LogP contribution is -2.08. The zero-order valence-corrected chi connectivity index (χ0v) is 10.9. The van der Waals surface area contributed by atoms with Crippen LogP contribution in [0.25, 0.3) is 22.4 Å².